The predicted octanol–water partition coefficient (Wildman–Crippen LogP) is 3.68. The third-order valence-electron chi connectivity index (χ3n) is 3.22. The number of nitrogens with zero attached hydrogens (tertiary/aromatic N) is 1. The van der Waals surface area contributed by atoms with Crippen LogP contribution >= 0.6 is 11.3 Å². The quantitative estimate of drug-likeness (QED) is 0.886. The van der Waals surface area contributed by atoms with Gasteiger partial charge in [-0.25, -0.2) is 4.98 Å². The second-order valence-electron chi connectivity index (χ2n) is 4.98. The number of rotatable bonds is 5. The lowest BCUT2D eigenvalue weighted by atomic mass is 10.1. The first-order valence-corrected chi connectivity index (χ1v) is 7.91. The van der Waals surface area contributed by atoms with E-state index >= 15 is 0 Å². The van der Waals surface area contributed by atoms with Crippen molar-refractivity contribution in [2.45, 2.75) is 33.7 Å². The second kappa shape index (κ2) is 6.72. The van der Waals surface area contributed by atoms with Gasteiger partial charge >= 0.3 is 0 Å². The van der Waals surface area contributed by atoms with Crippen LogP contribution in [0.3, 0.4) is 0 Å². The van der Waals surface area contributed by atoms with Gasteiger partial charge in [0.1, 0.15) is 0 Å². The van der Waals surface area contributed by atoms with Crippen LogP contribution in [0.1, 0.15) is 45.8 Å². The van der Waals surface area contributed by atoms with Gasteiger partial charge in [0.25, 0.3) is 5.91 Å². The highest BCUT2D eigenvalue weighted by molar-refractivity contribution is 7.11. The minimum Gasteiger partial charge on any atom is -0.377 e. The molecule has 0 saturated heterocycles. The lowest BCUT2D eigenvalue weighted by Gasteiger charge is -2.14. The lowest BCUT2D eigenvalue weighted by molar-refractivity contribution is 0.0956. The number of carbonyl (C=O) groups excluding carboxylic acids is 1. The van der Waals surface area contributed by atoms with Gasteiger partial charge in [0.15, 0.2) is 0 Å². The fourth-order valence-electron chi connectivity index (χ4n) is 2.25. The molecule has 2 aromatic rings. The molecule has 0 aliphatic carbocycles. The molecule has 1 unspecified atom stereocenters. The van der Waals surface area contributed by atoms with Crippen molar-refractivity contribution in [2.24, 2.45) is 0 Å². The van der Waals surface area contributed by atoms with E-state index < -0.39 is 0 Å². The van der Waals surface area contributed by atoms with Crippen LogP contribution < -0.4 is 10.6 Å². The summed E-state index contributed by atoms with van der Waals surface area (Å²) in [4.78, 5) is 17.5. The maximum Gasteiger partial charge on any atom is 0.251 e. The number of aryl methyl sites for hydroxylation is 2. The molecule has 2 rings (SSSR count). The zero-order valence-corrected chi connectivity index (χ0v) is 13.7. The van der Waals surface area contributed by atoms with Gasteiger partial charge in [-0.2, -0.15) is 0 Å². The molecule has 0 saturated carbocycles. The third kappa shape index (κ3) is 3.82. The molecule has 0 radical (unpaired) electrons. The molecule has 5 heteroatoms. The molecule has 112 valence electrons. The predicted molar refractivity (Wildman–Crippen MR) is 88.1 cm³/mol. The molecule has 21 heavy (non-hydrogen) atoms. The van der Waals surface area contributed by atoms with Gasteiger partial charge in [-0.15, -0.1) is 11.3 Å². The first-order valence-electron chi connectivity index (χ1n) is 7.10. The van der Waals surface area contributed by atoms with Gasteiger partial charge < -0.3 is 10.6 Å². The van der Waals surface area contributed by atoms with E-state index in [4.69, 9.17) is 0 Å². The molecule has 0 aliphatic heterocycles. The van der Waals surface area contributed by atoms with Crippen molar-refractivity contribution < 1.29 is 4.79 Å². The Morgan fingerprint density at radius 1 is 1.29 bits per heavy atom. The third-order valence-corrected chi connectivity index (χ3v) is 4.12. The smallest absolute Gasteiger partial charge is 0.251 e. The SMILES string of the molecule is CCNC(=O)c1ccc(NC(C)c2nc(C)sc2C)cc1. The first-order chi connectivity index (χ1) is 10.0. The van der Waals surface area contributed by atoms with Gasteiger partial charge in [-0.05, 0) is 52.0 Å². The van der Waals surface area contributed by atoms with Crippen molar-refractivity contribution in [1.29, 1.82) is 0 Å². The van der Waals surface area contributed by atoms with Gasteiger partial charge in [-0.3, -0.25) is 4.79 Å². The van der Waals surface area contributed by atoms with Crippen LogP contribution in [0.5, 0.6) is 0 Å². The topological polar surface area (TPSA) is 54.0 Å². The van der Waals surface area contributed by atoms with Gasteiger partial charge in [0, 0.05) is 22.7 Å². The van der Waals surface area contributed by atoms with E-state index in [1.54, 1.807) is 11.3 Å². The number of hydrogen-bond donors (Lipinski definition) is 2. The van der Waals surface area contributed by atoms with E-state index in [1.165, 1.54) is 4.88 Å². The van der Waals surface area contributed by atoms with Crippen molar-refractivity contribution in [3.8, 4) is 0 Å². The van der Waals surface area contributed by atoms with Gasteiger partial charge in [-0.1, -0.05) is 0 Å². The highest BCUT2D eigenvalue weighted by Crippen LogP contribution is 2.25. The van der Waals surface area contributed by atoms with Crippen molar-refractivity contribution in [2.75, 3.05) is 11.9 Å². The van der Waals surface area contributed by atoms with E-state index in [0.29, 0.717) is 12.1 Å². The summed E-state index contributed by atoms with van der Waals surface area (Å²) in [5, 5.41) is 7.30. The summed E-state index contributed by atoms with van der Waals surface area (Å²) in [6.07, 6.45) is 0. The Balaban J connectivity index is 2.06. The highest BCUT2D eigenvalue weighted by Gasteiger charge is 2.13. The molecule has 1 aromatic heterocycles. The number of nitrogens with one attached hydrogen (secondary N) is 2. The number of benzene rings is 1. The van der Waals surface area contributed by atoms with Gasteiger partial charge in [0.05, 0.1) is 16.7 Å². The fraction of sp³-hybridized carbons (Fsp3) is 0.375. The van der Waals surface area contributed by atoms with Crippen molar-refractivity contribution in [1.82, 2.24) is 10.3 Å². The minimum atomic E-state index is -0.0388. The Kier molecular flexibility index (Phi) is 4.96. The Hall–Kier alpha value is -1.88. The van der Waals surface area contributed by atoms with Crippen LogP contribution in [0.15, 0.2) is 24.3 Å². The lowest BCUT2D eigenvalue weighted by Crippen LogP contribution is -2.22. The number of thiazole rings is 1. The van der Waals surface area contributed by atoms with E-state index in [-0.39, 0.29) is 11.9 Å². The summed E-state index contributed by atoms with van der Waals surface area (Å²) in [5.74, 6) is -0.0388. The molecule has 1 aromatic carbocycles. The van der Waals surface area contributed by atoms with Crippen LogP contribution in [0.2, 0.25) is 0 Å². The van der Waals surface area contributed by atoms with Crippen LogP contribution in [0, 0.1) is 13.8 Å². The number of carbonyl (C=O) groups is 1. The molecular formula is C16H21N3OS. The molecule has 2 N–H and O–H groups in total. The molecule has 0 spiro atoms. The molecule has 0 fully saturated rings. The molecule has 1 amide bonds. The Bertz CT molecular complexity index is 619. The number of hydrogen-bond acceptors (Lipinski definition) is 4. The molecule has 0 aliphatic rings. The zero-order valence-electron chi connectivity index (χ0n) is 12.9. The molecule has 0 bridgehead atoms. The summed E-state index contributed by atoms with van der Waals surface area (Å²) in [6.45, 7) is 8.76. The Morgan fingerprint density at radius 3 is 2.48 bits per heavy atom. The van der Waals surface area contributed by atoms with E-state index in [2.05, 4.69) is 29.5 Å². The Labute approximate surface area is 129 Å². The van der Waals surface area contributed by atoms with Crippen LogP contribution in [0.25, 0.3) is 0 Å². The maximum atomic E-state index is 11.7. The van der Waals surface area contributed by atoms with Crippen molar-refractivity contribution >= 4 is 22.9 Å². The molecule has 4 nitrogen and oxygen atoms in total. The van der Waals surface area contributed by atoms with E-state index in [0.717, 1.165) is 16.4 Å². The summed E-state index contributed by atoms with van der Waals surface area (Å²) in [6, 6.07) is 7.66. The zero-order chi connectivity index (χ0) is 15.4. The molecule has 1 heterocycles. The van der Waals surface area contributed by atoms with Crippen LogP contribution in [-0.4, -0.2) is 17.4 Å². The molecular weight excluding hydrogens is 282 g/mol. The van der Waals surface area contributed by atoms with Crippen molar-refractivity contribution in [3.63, 3.8) is 0 Å². The van der Waals surface area contributed by atoms with E-state index in [9.17, 15) is 4.79 Å². The standard InChI is InChI=1S/C16H21N3OS/c1-5-17-16(20)13-6-8-14(9-7-13)18-10(2)15-11(3)21-12(4)19-15/h6-10,18H,5H2,1-4H3,(H,17,20). The first kappa shape index (κ1) is 15.5. The summed E-state index contributed by atoms with van der Waals surface area (Å²) < 4.78 is 0. The second-order valence-corrected chi connectivity index (χ2v) is 6.38. The van der Waals surface area contributed by atoms with Crippen LogP contribution in [-0.2, 0) is 0 Å². The largest absolute Gasteiger partial charge is 0.377 e. The van der Waals surface area contributed by atoms with Gasteiger partial charge in [0.2, 0.25) is 0 Å². The van der Waals surface area contributed by atoms with E-state index in [1.807, 2.05) is 38.1 Å². The monoisotopic (exact) mass is 303 g/mol. The maximum absolute atomic E-state index is 11.7. The average Bonchev–Trinajstić information content (AvgIpc) is 2.79. The normalized spacial score (nSPS) is 12.0. The summed E-state index contributed by atoms with van der Waals surface area (Å²) in [5.41, 5.74) is 2.75. The number of amides is 1. The average molecular weight is 303 g/mol. The van der Waals surface area contributed by atoms with Crippen LogP contribution in [0.4, 0.5) is 5.69 Å². The number of anilines is 1. The fourth-order valence-corrected chi connectivity index (χ4v) is 3.16. The molecule has 1 atom stereocenters. The Morgan fingerprint density at radius 2 is 1.95 bits per heavy atom. The van der Waals surface area contributed by atoms with Crippen molar-refractivity contribution in [3.05, 3.63) is 45.4 Å². The summed E-state index contributed by atoms with van der Waals surface area (Å²) in [7, 11) is 0. The number of aromatic nitrogens is 1. The highest BCUT2D eigenvalue weighted by atomic mass is 32.1. The summed E-state index contributed by atoms with van der Waals surface area (Å²) >= 11 is 1.72. The minimum absolute atomic E-state index is 0.0388.